The molecule has 1 saturated heterocycles. The van der Waals surface area contributed by atoms with Gasteiger partial charge in [0.25, 0.3) is 0 Å². The lowest BCUT2D eigenvalue weighted by molar-refractivity contribution is -0.132. The molecule has 0 unspecified atom stereocenters. The Kier molecular flexibility index (Phi) is 5.73. The quantitative estimate of drug-likeness (QED) is 0.816. The first kappa shape index (κ1) is 16.7. The van der Waals surface area contributed by atoms with Crippen LogP contribution in [0.2, 0.25) is 0 Å². The van der Waals surface area contributed by atoms with Crippen molar-refractivity contribution in [3.05, 3.63) is 24.5 Å². The zero-order valence-electron chi connectivity index (χ0n) is 12.6. The first-order chi connectivity index (χ1) is 10.4. The fourth-order valence-electron chi connectivity index (χ4n) is 2.33. The Labute approximate surface area is 130 Å². The van der Waals surface area contributed by atoms with Crippen LogP contribution in [0.1, 0.15) is 19.3 Å². The molecule has 2 rings (SSSR count). The standard InChI is InChI=1S/C14H21N3O4S/c1-22(19,20)16-9-4-14(18)17-10-5-13(6-11-17)21-12-2-7-15-8-3-12/h2-3,7-8,13,16H,4-6,9-11H2,1H3. The third-order valence-electron chi connectivity index (χ3n) is 3.45. The summed E-state index contributed by atoms with van der Waals surface area (Å²) in [6.45, 7) is 1.41. The Balaban J connectivity index is 1.71. The Bertz CT molecular complexity index is 583. The van der Waals surface area contributed by atoms with E-state index in [1.807, 2.05) is 12.1 Å². The fourth-order valence-corrected chi connectivity index (χ4v) is 2.81. The number of ether oxygens (including phenoxy) is 1. The van der Waals surface area contributed by atoms with Gasteiger partial charge in [-0.25, -0.2) is 13.1 Å². The van der Waals surface area contributed by atoms with Gasteiger partial charge in [0.1, 0.15) is 11.9 Å². The summed E-state index contributed by atoms with van der Waals surface area (Å²) in [5.41, 5.74) is 0. The van der Waals surface area contributed by atoms with Gasteiger partial charge in [0.2, 0.25) is 15.9 Å². The SMILES string of the molecule is CS(=O)(=O)NCCC(=O)N1CCC(Oc2ccncc2)CC1. The van der Waals surface area contributed by atoms with Crippen molar-refractivity contribution in [2.24, 2.45) is 0 Å². The predicted octanol–water partition coefficient (Wildman–Crippen LogP) is 0.391. The Morgan fingerprint density at radius 3 is 2.59 bits per heavy atom. The average molecular weight is 327 g/mol. The summed E-state index contributed by atoms with van der Waals surface area (Å²) in [4.78, 5) is 17.7. The number of hydrogen-bond donors (Lipinski definition) is 1. The number of likely N-dealkylation sites (tertiary alicyclic amines) is 1. The molecule has 1 fully saturated rings. The summed E-state index contributed by atoms with van der Waals surface area (Å²) in [6.07, 6.45) is 6.27. The fraction of sp³-hybridized carbons (Fsp3) is 0.571. The molecule has 1 aliphatic heterocycles. The van der Waals surface area contributed by atoms with Gasteiger partial charge in [-0.1, -0.05) is 0 Å². The summed E-state index contributed by atoms with van der Waals surface area (Å²) in [7, 11) is -3.24. The molecule has 0 spiro atoms. The van der Waals surface area contributed by atoms with E-state index in [-0.39, 0.29) is 25.0 Å². The first-order valence-corrected chi connectivity index (χ1v) is 9.12. The summed E-state index contributed by atoms with van der Waals surface area (Å²) in [6, 6.07) is 3.63. The number of piperidine rings is 1. The van der Waals surface area contributed by atoms with Crippen LogP contribution >= 0.6 is 0 Å². The number of hydrogen-bond acceptors (Lipinski definition) is 5. The van der Waals surface area contributed by atoms with Gasteiger partial charge in [-0.15, -0.1) is 0 Å². The van der Waals surface area contributed by atoms with Crippen LogP contribution in [-0.2, 0) is 14.8 Å². The molecular weight excluding hydrogens is 306 g/mol. The zero-order valence-corrected chi connectivity index (χ0v) is 13.4. The number of carbonyl (C=O) groups excluding carboxylic acids is 1. The van der Waals surface area contributed by atoms with Crippen LogP contribution in [0.4, 0.5) is 0 Å². The van der Waals surface area contributed by atoms with E-state index >= 15 is 0 Å². The lowest BCUT2D eigenvalue weighted by Crippen LogP contribution is -2.42. The van der Waals surface area contributed by atoms with Crippen LogP contribution in [0.25, 0.3) is 0 Å². The van der Waals surface area contributed by atoms with Gasteiger partial charge in [0.05, 0.1) is 6.26 Å². The van der Waals surface area contributed by atoms with E-state index in [1.54, 1.807) is 17.3 Å². The van der Waals surface area contributed by atoms with Crippen molar-refractivity contribution in [1.82, 2.24) is 14.6 Å². The number of pyridine rings is 1. The molecule has 22 heavy (non-hydrogen) atoms. The molecule has 0 atom stereocenters. The monoisotopic (exact) mass is 327 g/mol. The van der Waals surface area contributed by atoms with Crippen molar-refractivity contribution >= 4 is 15.9 Å². The third kappa shape index (κ3) is 5.61. The molecule has 0 bridgehead atoms. The highest BCUT2D eigenvalue weighted by molar-refractivity contribution is 7.88. The Morgan fingerprint density at radius 2 is 2.00 bits per heavy atom. The number of nitrogens with one attached hydrogen (secondary N) is 1. The molecule has 0 aromatic carbocycles. The summed E-state index contributed by atoms with van der Waals surface area (Å²) in [5, 5.41) is 0. The summed E-state index contributed by atoms with van der Waals surface area (Å²) in [5.74, 6) is 0.760. The van der Waals surface area contributed by atoms with E-state index < -0.39 is 10.0 Å². The smallest absolute Gasteiger partial charge is 0.223 e. The zero-order chi connectivity index (χ0) is 16.0. The van der Waals surface area contributed by atoms with Crippen molar-refractivity contribution in [2.45, 2.75) is 25.4 Å². The van der Waals surface area contributed by atoms with Crippen LogP contribution in [0, 0.1) is 0 Å². The van der Waals surface area contributed by atoms with Crippen molar-refractivity contribution < 1.29 is 17.9 Å². The topological polar surface area (TPSA) is 88.6 Å². The van der Waals surface area contributed by atoms with Crippen molar-refractivity contribution in [3.8, 4) is 5.75 Å². The minimum atomic E-state index is -3.24. The highest BCUT2D eigenvalue weighted by Gasteiger charge is 2.23. The van der Waals surface area contributed by atoms with Gasteiger partial charge in [0.15, 0.2) is 0 Å². The van der Waals surface area contributed by atoms with E-state index in [4.69, 9.17) is 4.74 Å². The van der Waals surface area contributed by atoms with Gasteiger partial charge in [-0.3, -0.25) is 9.78 Å². The second-order valence-corrected chi connectivity index (χ2v) is 7.13. The van der Waals surface area contributed by atoms with E-state index in [0.717, 1.165) is 24.8 Å². The van der Waals surface area contributed by atoms with E-state index in [0.29, 0.717) is 13.1 Å². The van der Waals surface area contributed by atoms with Crippen LogP contribution in [0.15, 0.2) is 24.5 Å². The highest BCUT2D eigenvalue weighted by Crippen LogP contribution is 2.18. The molecule has 2 heterocycles. The molecule has 0 radical (unpaired) electrons. The second kappa shape index (κ2) is 7.55. The van der Waals surface area contributed by atoms with Crippen LogP contribution in [0.3, 0.4) is 0 Å². The lowest BCUT2D eigenvalue weighted by atomic mass is 10.1. The van der Waals surface area contributed by atoms with Crippen LogP contribution in [-0.4, -0.2) is 56.2 Å². The van der Waals surface area contributed by atoms with Gasteiger partial charge >= 0.3 is 0 Å². The number of sulfonamides is 1. The normalized spacial score (nSPS) is 16.5. The van der Waals surface area contributed by atoms with E-state index in [9.17, 15) is 13.2 Å². The largest absolute Gasteiger partial charge is 0.490 e. The van der Waals surface area contributed by atoms with Gasteiger partial charge < -0.3 is 9.64 Å². The molecule has 122 valence electrons. The van der Waals surface area contributed by atoms with Crippen molar-refractivity contribution in [3.63, 3.8) is 0 Å². The highest BCUT2D eigenvalue weighted by atomic mass is 32.2. The van der Waals surface area contributed by atoms with Crippen LogP contribution < -0.4 is 9.46 Å². The van der Waals surface area contributed by atoms with Gasteiger partial charge in [-0.2, -0.15) is 0 Å². The molecule has 1 amide bonds. The van der Waals surface area contributed by atoms with E-state index in [2.05, 4.69) is 9.71 Å². The number of nitrogens with zero attached hydrogens (tertiary/aromatic N) is 2. The molecule has 8 heteroatoms. The number of amides is 1. The van der Waals surface area contributed by atoms with Crippen molar-refractivity contribution in [1.29, 1.82) is 0 Å². The average Bonchev–Trinajstić information content (AvgIpc) is 2.47. The first-order valence-electron chi connectivity index (χ1n) is 7.23. The molecule has 0 aliphatic carbocycles. The number of rotatable bonds is 6. The summed E-state index contributed by atoms with van der Waals surface area (Å²) >= 11 is 0. The second-order valence-electron chi connectivity index (χ2n) is 5.30. The molecule has 1 N–H and O–H groups in total. The predicted molar refractivity (Wildman–Crippen MR) is 81.9 cm³/mol. The maximum absolute atomic E-state index is 12.0. The minimum Gasteiger partial charge on any atom is -0.490 e. The minimum absolute atomic E-state index is 0.0292. The molecule has 0 saturated carbocycles. The number of aromatic nitrogens is 1. The molecule has 7 nitrogen and oxygen atoms in total. The summed E-state index contributed by atoms with van der Waals surface area (Å²) < 4.78 is 30.1. The molecule has 1 aliphatic rings. The molecule has 1 aromatic heterocycles. The van der Waals surface area contributed by atoms with Crippen LogP contribution in [0.5, 0.6) is 5.75 Å². The Morgan fingerprint density at radius 1 is 1.36 bits per heavy atom. The lowest BCUT2D eigenvalue weighted by Gasteiger charge is -2.32. The molecule has 1 aromatic rings. The third-order valence-corrected chi connectivity index (χ3v) is 4.18. The van der Waals surface area contributed by atoms with Gasteiger partial charge in [0, 0.05) is 51.3 Å². The maximum Gasteiger partial charge on any atom is 0.223 e. The maximum atomic E-state index is 12.0. The number of carbonyl (C=O) groups is 1. The Hall–Kier alpha value is -1.67. The van der Waals surface area contributed by atoms with E-state index in [1.165, 1.54) is 0 Å². The van der Waals surface area contributed by atoms with Gasteiger partial charge in [-0.05, 0) is 12.1 Å². The van der Waals surface area contributed by atoms with Crippen molar-refractivity contribution in [2.75, 3.05) is 25.9 Å². The molecular formula is C14H21N3O4S.